The van der Waals surface area contributed by atoms with Crippen LogP contribution in [0, 0.1) is 5.92 Å². The van der Waals surface area contributed by atoms with Crippen LogP contribution in [-0.4, -0.2) is 36.2 Å². The van der Waals surface area contributed by atoms with E-state index in [1.54, 1.807) is 0 Å². The van der Waals surface area contributed by atoms with Crippen molar-refractivity contribution in [3.63, 3.8) is 0 Å². The molecule has 0 saturated carbocycles. The fourth-order valence-electron chi connectivity index (χ4n) is 3.62. The summed E-state index contributed by atoms with van der Waals surface area (Å²) < 4.78 is 0. The topological polar surface area (TPSA) is 35.5 Å². The van der Waals surface area contributed by atoms with Crippen LogP contribution in [0.4, 0.5) is 0 Å². The lowest BCUT2D eigenvalue weighted by atomic mass is 9.91. The van der Waals surface area contributed by atoms with Crippen LogP contribution >= 0.6 is 24.8 Å². The van der Waals surface area contributed by atoms with Crippen LogP contribution in [0.3, 0.4) is 0 Å². The number of hydrogen-bond donors (Lipinski definition) is 2. The van der Waals surface area contributed by atoms with Crippen molar-refractivity contribution in [2.24, 2.45) is 5.92 Å². The van der Waals surface area contributed by atoms with Crippen molar-refractivity contribution in [1.29, 1.82) is 0 Å². The van der Waals surface area contributed by atoms with Crippen LogP contribution in [-0.2, 0) is 0 Å². The van der Waals surface area contributed by atoms with Gasteiger partial charge in [0.2, 0.25) is 0 Å². The van der Waals surface area contributed by atoms with Crippen LogP contribution in [0.15, 0.2) is 36.4 Å². The van der Waals surface area contributed by atoms with Crippen LogP contribution in [0.2, 0.25) is 0 Å². The summed E-state index contributed by atoms with van der Waals surface area (Å²) in [6.45, 7) is 8.91. The van der Waals surface area contributed by atoms with Crippen molar-refractivity contribution in [3.05, 3.63) is 42.0 Å². The van der Waals surface area contributed by atoms with E-state index in [9.17, 15) is 5.11 Å². The Morgan fingerprint density at radius 3 is 2.24 bits per heavy atom. The minimum atomic E-state index is 0. The molecular formula is C20H30Cl2N2O. The normalized spacial score (nSPS) is 16.3. The van der Waals surface area contributed by atoms with Gasteiger partial charge in [-0.2, -0.15) is 0 Å². The predicted octanol–water partition coefficient (Wildman–Crippen LogP) is 4.77. The van der Waals surface area contributed by atoms with Crippen LogP contribution < -0.4 is 5.32 Å². The van der Waals surface area contributed by atoms with Crippen molar-refractivity contribution in [3.8, 4) is 5.75 Å². The van der Waals surface area contributed by atoms with E-state index in [0.29, 0.717) is 17.7 Å². The lowest BCUT2D eigenvalue weighted by Gasteiger charge is -2.36. The Balaban J connectivity index is 0.00000156. The second-order valence-electron chi connectivity index (χ2n) is 6.99. The molecule has 140 valence electrons. The highest BCUT2D eigenvalue weighted by molar-refractivity contribution is 5.91. The van der Waals surface area contributed by atoms with Crippen LogP contribution in [0.1, 0.15) is 38.3 Å². The number of piperazine rings is 1. The number of rotatable bonds is 5. The molecule has 1 aliphatic heterocycles. The zero-order valence-corrected chi connectivity index (χ0v) is 16.7. The average molecular weight is 385 g/mol. The summed E-state index contributed by atoms with van der Waals surface area (Å²) in [5.41, 5.74) is 1.36. The lowest BCUT2D eigenvalue weighted by Crippen LogP contribution is -2.45. The number of phenolic OH excluding ortho intramolecular Hbond substituents is 1. The smallest absolute Gasteiger partial charge is 0.123 e. The molecule has 0 amide bonds. The van der Waals surface area contributed by atoms with E-state index in [-0.39, 0.29) is 24.8 Å². The standard InChI is InChI=1S/C20H28N2O.2ClH/c1-15(2)7-9-19(22-13-11-21-12-14-22)17-8-10-20(23)18-6-4-3-5-16(17)18;;/h3-6,8,10,15,19,21,23H,7,9,11-14H2,1-2H3;2*1H/t19-;;/m1../s1. The van der Waals surface area contributed by atoms with Gasteiger partial charge in [0.25, 0.3) is 0 Å². The summed E-state index contributed by atoms with van der Waals surface area (Å²) in [5, 5.41) is 15.8. The quantitative estimate of drug-likeness (QED) is 0.778. The number of hydrogen-bond acceptors (Lipinski definition) is 3. The molecule has 0 radical (unpaired) electrons. The Labute approximate surface area is 163 Å². The van der Waals surface area contributed by atoms with Gasteiger partial charge in [-0.05, 0) is 35.8 Å². The van der Waals surface area contributed by atoms with E-state index >= 15 is 0 Å². The van der Waals surface area contributed by atoms with E-state index in [4.69, 9.17) is 0 Å². The summed E-state index contributed by atoms with van der Waals surface area (Å²) >= 11 is 0. The molecular weight excluding hydrogens is 355 g/mol. The molecule has 1 saturated heterocycles. The zero-order chi connectivity index (χ0) is 16.2. The number of aromatic hydroxyl groups is 1. The molecule has 0 bridgehead atoms. The van der Waals surface area contributed by atoms with Gasteiger partial charge in [0.1, 0.15) is 5.75 Å². The third kappa shape index (κ3) is 5.24. The minimum Gasteiger partial charge on any atom is -0.507 e. The molecule has 1 fully saturated rings. The van der Waals surface area contributed by atoms with Crippen LogP contribution in [0.5, 0.6) is 5.75 Å². The SMILES string of the molecule is CC(C)CC[C@H](c1ccc(O)c2ccccc12)N1CCNCC1.Cl.Cl. The molecule has 5 heteroatoms. The Morgan fingerprint density at radius 1 is 0.960 bits per heavy atom. The molecule has 3 rings (SSSR count). The molecule has 2 aromatic rings. The second kappa shape index (κ2) is 10.2. The van der Waals surface area contributed by atoms with Gasteiger partial charge >= 0.3 is 0 Å². The van der Waals surface area contributed by atoms with E-state index in [0.717, 1.165) is 31.6 Å². The number of benzene rings is 2. The molecule has 1 atom stereocenters. The second-order valence-corrected chi connectivity index (χ2v) is 6.99. The Kier molecular flexibility index (Phi) is 9.01. The maximum Gasteiger partial charge on any atom is 0.123 e. The minimum absolute atomic E-state index is 0. The van der Waals surface area contributed by atoms with Crippen molar-refractivity contribution < 1.29 is 5.11 Å². The monoisotopic (exact) mass is 384 g/mol. The van der Waals surface area contributed by atoms with E-state index in [2.05, 4.69) is 42.3 Å². The Bertz CT molecular complexity index is 657. The van der Waals surface area contributed by atoms with E-state index in [1.165, 1.54) is 23.8 Å². The first-order chi connectivity index (χ1) is 11.2. The summed E-state index contributed by atoms with van der Waals surface area (Å²) in [6.07, 6.45) is 2.40. The molecule has 25 heavy (non-hydrogen) atoms. The zero-order valence-electron chi connectivity index (χ0n) is 15.1. The summed E-state index contributed by atoms with van der Waals surface area (Å²) in [5.74, 6) is 1.09. The van der Waals surface area contributed by atoms with Gasteiger partial charge in [0.05, 0.1) is 0 Å². The van der Waals surface area contributed by atoms with Gasteiger partial charge in [-0.25, -0.2) is 0 Å². The van der Waals surface area contributed by atoms with Crippen molar-refractivity contribution in [2.75, 3.05) is 26.2 Å². The lowest BCUT2D eigenvalue weighted by molar-refractivity contribution is 0.161. The van der Waals surface area contributed by atoms with Gasteiger partial charge in [0.15, 0.2) is 0 Å². The third-order valence-electron chi connectivity index (χ3n) is 4.90. The average Bonchev–Trinajstić information content (AvgIpc) is 2.58. The first kappa shape index (κ1) is 22.0. The molecule has 3 nitrogen and oxygen atoms in total. The molecule has 2 aromatic carbocycles. The number of halogens is 2. The third-order valence-corrected chi connectivity index (χ3v) is 4.90. The highest BCUT2D eigenvalue weighted by Crippen LogP contribution is 2.36. The van der Waals surface area contributed by atoms with Crippen molar-refractivity contribution in [2.45, 2.75) is 32.7 Å². The highest BCUT2D eigenvalue weighted by Gasteiger charge is 2.24. The van der Waals surface area contributed by atoms with E-state index in [1.807, 2.05) is 18.2 Å². The molecule has 1 heterocycles. The maximum absolute atomic E-state index is 10.2. The first-order valence-corrected chi connectivity index (χ1v) is 8.82. The first-order valence-electron chi connectivity index (χ1n) is 8.82. The predicted molar refractivity (Wildman–Crippen MR) is 111 cm³/mol. The Morgan fingerprint density at radius 2 is 1.60 bits per heavy atom. The van der Waals surface area contributed by atoms with Gasteiger partial charge in [-0.15, -0.1) is 24.8 Å². The largest absolute Gasteiger partial charge is 0.507 e. The number of fused-ring (bicyclic) bond motifs is 1. The fraction of sp³-hybridized carbons (Fsp3) is 0.500. The molecule has 0 spiro atoms. The molecule has 1 aliphatic rings. The summed E-state index contributed by atoms with van der Waals surface area (Å²) in [6, 6.07) is 12.7. The molecule has 0 aliphatic carbocycles. The van der Waals surface area contributed by atoms with Gasteiger partial charge < -0.3 is 10.4 Å². The summed E-state index contributed by atoms with van der Waals surface area (Å²) in [4.78, 5) is 2.61. The molecule has 2 N–H and O–H groups in total. The van der Waals surface area contributed by atoms with E-state index < -0.39 is 0 Å². The van der Waals surface area contributed by atoms with Crippen molar-refractivity contribution in [1.82, 2.24) is 10.2 Å². The summed E-state index contributed by atoms with van der Waals surface area (Å²) in [7, 11) is 0. The molecule has 0 aromatic heterocycles. The van der Waals surface area contributed by atoms with Crippen LogP contribution in [0.25, 0.3) is 10.8 Å². The fourth-order valence-corrected chi connectivity index (χ4v) is 3.62. The van der Waals surface area contributed by atoms with Gasteiger partial charge in [0, 0.05) is 37.6 Å². The van der Waals surface area contributed by atoms with Gasteiger partial charge in [-0.3, -0.25) is 4.90 Å². The number of nitrogens with one attached hydrogen (secondary N) is 1. The highest BCUT2D eigenvalue weighted by atomic mass is 35.5. The number of phenols is 1. The van der Waals surface area contributed by atoms with Gasteiger partial charge in [-0.1, -0.05) is 44.2 Å². The Hall–Kier alpha value is -1.000. The van der Waals surface area contributed by atoms with Crippen molar-refractivity contribution >= 4 is 35.6 Å². The molecule has 0 unspecified atom stereocenters. The maximum atomic E-state index is 10.2. The number of nitrogens with zero attached hydrogens (tertiary/aromatic N) is 1.